The average molecular weight is 255 g/mol. The van der Waals surface area contributed by atoms with E-state index in [1.807, 2.05) is 24.3 Å². The fraction of sp³-hybridized carbons (Fsp3) is 0.143. The van der Waals surface area contributed by atoms with E-state index in [0.29, 0.717) is 18.7 Å². The molecule has 3 rings (SSSR count). The van der Waals surface area contributed by atoms with Crippen molar-refractivity contribution < 1.29 is 9.53 Å². The Hall–Kier alpha value is -2.56. The number of carbonyl (C=O) groups excluding carboxylic acids is 1. The third-order valence-electron chi connectivity index (χ3n) is 2.93. The lowest BCUT2D eigenvalue weighted by atomic mass is 10.0. The molecule has 1 aliphatic rings. The molecule has 2 heterocycles. The Morgan fingerprint density at radius 3 is 3.00 bits per heavy atom. The molecule has 1 aromatic carbocycles. The zero-order valence-corrected chi connectivity index (χ0v) is 10.2. The number of rotatable bonds is 2. The van der Waals surface area contributed by atoms with E-state index in [9.17, 15) is 4.79 Å². The highest BCUT2D eigenvalue weighted by atomic mass is 16.5. The van der Waals surface area contributed by atoms with Crippen LogP contribution >= 0.6 is 0 Å². The molecule has 0 aliphatic carbocycles. The van der Waals surface area contributed by atoms with E-state index in [1.54, 1.807) is 18.3 Å². The summed E-state index contributed by atoms with van der Waals surface area (Å²) in [6.45, 7) is 0.578. The molecule has 2 N–H and O–H groups in total. The van der Waals surface area contributed by atoms with Crippen molar-refractivity contribution in [3.63, 3.8) is 0 Å². The van der Waals surface area contributed by atoms with E-state index < -0.39 is 0 Å². The number of nitrogens with one attached hydrogen (secondary N) is 2. The van der Waals surface area contributed by atoms with Crippen LogP contribution in [0, 0.1) is 0 Å². The van der Waals surface area contributed by atoms with E-state index in [1.165, 1.54) is 0 Å². The number of aromatic nitrogens is 1. The summed E-state index contributed by atoms with van der Waals surface area (Å²) >= 11 is 0. The molecule has 5 nitrogen and oxygen atoms in total. The number of fused-ring (bicyclic) bond motifs is 1. The second-order valence-electron chi connectivity index (χ2n) is 4.18. The van der Waals surface area contributed by atoms with Crippen LogP contribution < -0.4 is 10.2 Å². The molecule has 0 radical (unpaired) electrons. The Morgan fingerprint density at radius 2 is 2.16 bits per heavy atom. The zero-order valence-electron chi connectivity index (χ0n) is 10.2. The molecule has 1 aromatic heterocycles. The van der Waals surface area contributed by atoms with Crippen molar-refractivity contribution in [2.24, 2.45) is 5.10 Å². The molecule has 0 unspecified atom stereocenters. The Balaban J connectivity index is 1.80. The van der Waals surface area contributed by atoms with Gasteiger partial charge in [-0.05, 0) is 24.3 Å². The minimum atomic E-state index is -0.249. The van der Waals surface area contributed by atoms with Crippen molar-refractivity contribution in [3.8, 4) is 5.75 Å². The van der Waals surface area contributed by atoms with Gasteiger partial charge in [0.25, 0.3) is 5.91 Å². The maximum Gasteiger partial charge on any atom is 0.287 e. The number of nitrogens with zero attached hydrogens (tertiary/aromatic N) is 1. The Kier molecular flexibility index (Phi) is 3.02. The van der Waals surface area contributed by atoms with Gasteiger partial charge in [0.1, 0.15) is 11.4 Å². The maximum atomic E-state index is 11.8. The van der Waals surface area contributed by atoms with Gasteiger partial charge in [0.2, 0.25) is 0 Å². The molecule has 1 amide bonds. The number of amides is 1. The minimum absolute atomic E-state index is 0.249. The molecular formula is C14H13N3O2. The number of H-pyrrole nitrogens is 1. The smallest absolute Gasteiger partial charge is 0.287 e. The number of hydrogen-bond acceptors (Lipinski definition) is 3. The van der Waals surface area contributed by atoms with Crippen molar-refractivity contribution in [2.45, 2.75) is 6.42 Å². The highest BCUT2D eigenvalue weighted by Crippen LogP contribution is 2.24. The van der Waals surface area contributed by atoms with Gasteiger partial charge in [-0.2, -0.15) is 5.10 Å². The SMILES string of the molecule is O=C(NN=C1CCOc2ccccc21)c1ccc[nH]1. The summed E-state index contributed by atoms with van der Waals surface area (Å²) in [5.41, 5.74) is 4.81. The molecule has 96 valence electrons. The van der Waals surface area contributed by atoms with Crippen LogP contribution in [0.1, 0.15) is 22.5 Å². The van der Waals surface area contributed by atoms with Gasteiger partial charge >= 0.3 is 0 Å². The Labute approximate surface area is 110 Å². The maximum absolute atomic E-state index is 11.8. The van der Waals surface area contributed by atoms with Crippen LogP contribution in [0.4, 0.5) is 0 Å². The number of aromatic amines is 1. The first-order chi connectivity index (χ1) is 9.34. The number of hydrogen-bond donors (Lipinski definition) is 2. The van der Waals surface area contributed by atoms with Crippen LogP contribution in [-0.2, 0) is 0 Å². The third kappa shape index (κ3) is 2.35. The molecule has 1 aliphatic heterocycles. The van der Waals surface area contributed by atoms with Crippen LogP contribution in [0.25, 0.3) is 0 Å². The zero-order chi connectivity index (χ0) is 13.1. The lowest BCUT2D eigenvalue weighted by Crippen LogP contribution is -2.23. The molecule has 0 atom stereocenters. The van der Waals surface area contributed by atoms with E-state index in [2.05, 4.69) is 15.5 Å². The standard InChI is InChI=1S/C14H13N3O2/c18-14(12-5-3-8-15-12)17-16-11-7-9-19-13-6-2-1-4-10(11)13/h1-6,8,15H,7,9H2,(H,17,18). The molecule has 19 heavy (non-hydrogen) atoms. The monoisotopic (exact) mass is 255 g/mol. The second kappa shape index (κ2) is 4.97. The van der Waals surface area contributed by atoms with Gasteiger partial charge in [-0.25, -0.2) is 5.43 Å². The van der Waals surface area contributed by atoms with E-state index >= 15 is 0 Å². The number of hydrazone groups is 1. The summed E-state index contributed by atoms with van der Waals surface area (Å²) in [5.74, 6) is 0.558. The van der Waals surface area contributed by atoms with Gasteiger partial charge in [0.15, 0.2) is 0 Å². The Morgan fingerprint density at radius 1 is 1.26 bits per heavy atom. The number of carbonyl (C=O) groups is 1. The molecule has 0 saturated heterocycles. The molecule has 5 heteroatoms. The summed E-state index contributed by atoms with van der Waals surface area (Å²) in [6, 6.07) is 11.2. The first kappa shape index (κ1) is 11.5. The number of para-hydroxylation sites is 1. The van der Waals surface area contributed by atoms with E-state index in [4.69, 9.17) is 4.74 Å². The van der Waals surface area contributed by atoms with Crippen molar-refractivity contribution in [1.29, 1.82) is 0 Å². The predicted octanol–water partition coefficient (Wildman–Crippen LogP) is 1.93. The quantitative estimate of drug-likeness (QED) is 0.805. The van der Waals surface area contributed by atoms with Crippen molar-refractivity contribution in [1.82, 2.24) is 10.4 Å². The van der Waals surface area contributed by atoms with Gasteiger partial charge in [-0.15, -0.1) is 0 Å². The van der Waals surface area contributed by atoms with Crippen molar-refractivity contribution >= 4 is 11.6 Å². The summed E-state index contributed by atoms with van der Waals surface area (Å²) in [5, 5.41) is 4.20. The third-order valence-corrected chi connectivity index (χ3v) is 2.93. The van der Waals surface area contributed by atoms with Crippen molar-refractivity contribution in [3.05, 3.63) is 53.9 Å². The molecule has 0 saturated carbocycles. The van der Waals surface area contributed by atoms with Crippen LogP contribution in [0.3, 0.4) is 0 Å². The lowest BCUT2D eigenvalue weighted by Gasteiger charge is -2.18. The highest BCUT2D eigenvalue weighted by Gasteiger charge is 2.16. The molecule has 0 spiro atoms. The Bertz CT molecular complexity index is 617. The summed E-state index contributed by atoms with van der Waals surface area (Å²) < 4.78 is 5.53. The van der Waals surface area contributed by atoms with Crippen LogP contribution in [0.15, 0.2) is 47.7 Å². The molecule has 2 aromatic rings. The largest absolute Gasteiger partial charge is 0.492 e. The number of benzene rings is 1. The predicted molar refractivity (Wildman–Crippen MR) is 71.3 cm³/mol. The fourth-order valence-corrected chi connectivity index (χ4v) is 1.99. The summed E-state index contributed by atoms with van der Waals surface area (Å²) in [4.78, 5) is 14.6. The summed E-state index contributed by atoms with van der Waals surface area (Å²) in [6.07, 6.45) is 2.38. The fourth-order valence-electron chi connectivity index (χ4n) is 1.99. The van der Waals surface area contributed by atoms with Gasteiger partial charge in [0.05, 0.1) is 12.3 Å². The first-order valence-electron chi connectivity index (χ1n) is 6.07. The topological polar surface area (TPSA) is 66.5 Å². The normalized spacial score (nSPS) is 15.7. The van der Waals surface area contributed by atoms with Gasteiger partial charge in [-0.3, -0.25) is 4.79 Å². The average Bonchev–Trinajstić information content (AvgIpc) is 2.99. The highest BCUT2D eigenvalue weighted by molar-refractivity contribution is 6.04. The number of ether oxygens (including phenoxy) is 1. The van der Waals surface area contributed by atoms with Gasteiger partial charge in [0, 0.05) is 18.2 Å². The van der Waals surface area contributed by atoms with E-state index in [-0.39, 0.29) is 5.91 Å². The van der Waals surface area contributed by atoms with Crippen LogP contribution in [-0.4, -0.2) is 23.2 Å². The summed E-state index contributed by atoms with van der Waals surface area (Å²) in [7, 11) is 0. The van der Waals surface area contributed by atoms with Crippen LogP contribution in [0.5, 0.6) is 5.75 Å². The van der Waals surface area contributed by atoms with Gasteiger partial charge < -0.3 is 9.72 Å². The molecule has 0 bridgehead atoms. The first-order valence-corrected chi connectivity index (χ1v) is 6.07. The van der Waals surface area contributed by atoms with Gasteiger partial charge in [-0.1, -0.05) is 12.1 Å². The minimum Gasteiger partial charge on any atom is -0.492 e. The van der Waals surface area contributed by atoms with E-state index in [0.717, 1.165) is 17.0 Å². The lowest BCUT2D eigenvalue weighted by molar-refractivity contribution is 0.0950. The van der Waals surface area contributed by atoms with Crippen molar-refractivity contribution in [2.75, 3.05) is 6.61 Å². The second-order valence-corrected chi connectivity index (χ2v) is 4.18. The van der Waals surface area contributed by atoms with Crippen LogP contribution in [0.2, 0.25) is 0 Å². The molecule has 0 fully saturated rings. The molecular weight excluding hydrogens is 242 g/mol.